The maximum Gasteiger partial charge on any atom is 0.251 e. The van der Waals surface area contributed by atoms with E-state index in [-0.39, 0.29) is 22.8 Å². The Morgan fingerprint density at radius 1 is 1.10 bits per heavy atom. The normalized spacial score (nSPS) is 24.4. The summed E-state index contributed by atoms with van der Waals surface area (Å²) >= 11 is 0. The molecule has 0 spiro atoms. The summed E-state index contributed by atoms with van der Waals surface area (Å²) in [5, 5.41) is 0. The van der Waals surface area contributed by atoms with E-state index in [0.29, 0.717) is 44.2 Å². The van der Waals surface area contributed by atoms with Gasteiger partial charge in [-0.1, -0.05) is 0 Å². The highest BCUT2D eigenvalue weighted by molar-refractivity contribution is 7.90. The van der Waals surface area contributed by atoms with Crippen molar-refractivity contribution in [3.05, 3.63) is 11.9 Å². The van der Waals surface area contributed by atoms with Crippen molar-refractivity contribution in [3.63, 3.8) is 0 Å². The van der Waals surface area contributed by atoms with Crippen LogP contribution in [0.25, 0.3) is 0 Å². The van der Waals surface area contributed by atoms with Crippen LogP contribution in [-0.2, 0) is 19.4 Å². The Bertz CT molecular complexity index is 871. The van der Waals surface area contributed by atoms with Crippen molar-refractivity contribution in [2.24, 2.45) is 0 Å². The third-order valence-electron chi connectivity index (χ3n) is 6.35. The van der Waals surface area contributed by atoms with Crippen molar-refractivity contribution < 1.29 is 17.9 Å². The molecule has 4 rings (SSSR count). The number of carbonyl (C=O) groups is 1. The number of amides is 1. The first-order valence-electron chi connectivity index (χ1n) is 10.7. The topological polar surface area (TPSA) is 95.9 Å². The van der Waals surface area contributed by atoms with E-state index in [4.69, 9.17) is 9.72 Å². The molecule has 0 saturated carbocycles. The molecule has 0 bridgehead atoms. The van der Waals surface area contributed by atoms with Gasteiger partial charge in [-0.2, -0.15) is 0 Å². The van der Waals surface area contributed by atoms with Crippen LogP contribution in [0.1, 0.15) is 37.3 Å². The zero-order valence-electron chi connectivity index (χ0n) is 17.8. The number of hydrogen-bond donors (Lipinski definition) is 0. The highest BCUT2D eigenvalue weighted by Gasteiger charge is 2.33. The Kier molecular flexibility index (Phi) is 6.26. The number of anilines is 1. The summed E-state index contributed by atoms with van der Waals surface area (Å²) in [5.41, 5.74) is 0.602. The number of ether oxygens (including phenoxy) is 1. The highest BCUT2D eigenvalue weighted by atomic mass is 32.2. The standard InChI is InChI=1S/C20H31N5O4S/c1-23-9-11-25(12-10-23)20-21-14-17(30(2,27)28)18(22-20)15-5-7-24(8-6-15)19(26)16-4-3-13-29-16/h14-16H,3-13H2,1-2H3/t16-/m0/s1. The van der Waals surface area contributed by atoms with Gasteiger partial charge >= 0.3 is 0 Å². The lowest BCUT2D eigenvalue weighted by atomic mass is 9.93. The molecule has 1 aromatic rings. The molecule has 10 heteroatoms. The summed E-state index contributed by atoms with van der Waals surface area (Å²) in [4.78, 5) is 28.2. The molecule has 9 nitrogen and oxygen atoms in total. The van der Waals surface area contributed by atoms with Crippen LogP contribution in [-0.4, -0.2) is 99.4 Å². The monoisotopic (exact) mass is 437 g/mol. The first-order chi connectivity index (χ1) is 14.3. The van der Waals surface area contributed by atoms with Crippen LogP contribution in [0.15, 0.2) is 11.1 Å². The number of piperazine rings is 1. The lowest BCUT2D eigenvalue weighted by molar-refractivity contribution is -0.142. The lowest BCUT2D eigenvalue weighted by Gasteiger charge is -2.35. The minimum atomic E-state index is -3.43. The number of piperidine rings is 1. The SMILES string of the molecule is CN1CCN(c2ncc(S(C)(=O)=O)c(C3CCN(C(=O)[C@@H]4CCCO4)CC3)n2)CC1. The first-order valence-corrected chi connectivity index (χ1v) is 12.6. The second-order valence-corrected chi connectivity index (χ2v) is 10.6. The van der Waals surface area contributed by atoms with Crippen LogP contribution < -0.4 is 4.90 Å². The van der Waals surface area contributed by atoms with E-state index in [2.05, 4.69) is 21.8 Å². The summed E-state index contributed by atoms with van der Waals surface area (Å²) in [6, 6.07) is 0. The molecule has 0 aliphatic carbocycles. The van der Waals surface area contributed by atoms with Crippen molar-refractivity contribution in [1.29, 1.82) is 0 Å². The Labute approximate surface area is 178 Å². The average molecular weight is 438 g/mol. The molecule has 166 valence electrons. The van der Waals surface area contributed by atoms with E-state index < -0.39 is 9.84 Å². The zero-order chi connectivity index (χ0) is 21.3. The van der Waals surface area contributed by atoms with Gasteiger partial charge in [-0.15, -0.1) is 0 Å². The Hall–Kier alpha value is -1.78. The minimum absolute atomic E-state index is 0.00233. The van der Waals surface area contributed by atoms with Crippen molar-refractivity contribution >= 4 is 21.7 Å². The van der Waals surface area contributed by atoms with E-state index in [1.807, 2.05) is 4.90 Å². The maximum absolute atomic E-state index is 12.6. The molecule has 0 N–H and O–H groups in total. The average Bonchev–Trinajstić information content (AvgIpc) is 3.28. The summed E-state index contributed by atoms with van der Waals surface area (Å²) in [7, 11) is -1.35. The van der Waals surface area contributed by atoms with Gasteiger partial charge < -0.3 is 19.4 Å². The van der Waals surface area contributed by atoms with Crippen LogP contribution in [0.2, 0.25) is 0 Å². The quantitative estimate of drug-likeness (QED) is 0.673. The Balaban J connectivity index is 1.52. The van der Waals surface area contributed by atoms with Gasteiger partial charge in [-0.3, -0.25) is 4.79 Å². The lowest BCUT2D eigenvalue weighted by Crippen LogP contribution is -2.45. The zero-order valence-corrected chi connectivity index (χ0v) is 18.6. The largest absolute Gasteiger partial charge is 0.368 e. The molecule has 3 saturated heterocycles. The number of carbonyl (C=O) groups excluding carboxylic acids is 1. The molecule has 1 aromatic heterocycles. The van der Waals surface area contributed by atoms with Crippen molar-refractivity contribution in [3.8, 4) is 0 Å². The second kappa shape index (κ2) is 8.76. The molecule has 1 atom stereocenters. The first kappa shape index (κ1) is 21.5. The number of likely N-dealkylation sites (N-methyl/N-ethyl adjacent to an activating group) is 1. The Morgan fingerprint density at radius 3 is 2.40 bits per heavy atom. The van der Waals surface area contributed by atoms with E-state index in [1.165, 1.54) is 12.5 Å². The summed E-state index contributed by atoms with van der Waals surface area (Å²) < 4.78 is 30.3. The molecule has 3 fully saturated rings. The molecule has 0 aromatic carbocycles. The van der Waals surface area contributed by atoms with Crippen molar-refractivity contribution in [2.75, 3.05) is 64.1 Å². The molecular weight excluding hydrogens is 406 g/mol. The third-order valence-corrected chi connectivity index (χ3v) is 7.47. The molecular formula is C20H31N5O4S. The smallest absolute Gasteiger partial charge is 0.251 e. The number of aromatic nitrogens is 2. The number of rotatable bonds is 4. The fourth-order valence-electron chi connectivity index (χ4n) is 4.46. The number of nitrogens with zero attached hydrogens (tertiary/aromatic N) is 5. The maximum atomic E-state index is 12.6. The molecule has 30 heavy (non-hydrogen) atoms. The minimum Gasteiger partial charge on any atom is -0.368 e. The number of sulfone groups is 1. The second-order valence-electron chi connectivity index (χ2n) is 8.58. The predicted octanol–water partition coefficient (Wildman–Crippen LogP) is 0.517. The van der Waals surface area contributed by atoms with E-state index in [0.717, 1.165) is 39.0 Å². The molecule has 0 unspecified atom stereocenters. The van der Waals surface area contributed by atoms with Crippen molar-refractivity contribution in [1.82, 2.24) is 19.8 Å². The van der Waals surface area contributed by atoms with Gasteiger partial charge in [-0.05, 0) is 32.7 Å². The van der Waals surface area contributed by atoms with Crippen molar-refractivity contribution in [2.45, 2.75) is 42.6 Å². The molecule has 3 aliphatic rings. The summed E-state index contributed by atoms with van der Waals surface area (Å²) in [5.74, 6) is 0.663. The summed E-state index contributed by atoms with van der Waals surface area (Å²) in [6.07, 6.45) is 5.48. The van der Waals surface area contributed by atoms with E-state index in [1.54, 1.807) is 0 Å². The third kappa shape index (κ3) is 4.60. The predicted molar refractivity (Wildman–Crippen MR) is 112 cm³/mol. The van der Waals surface area contributed by atoms with Gasteiger partial charge in [-0.25, -0.2) is 18.4 Å². The van der Waals surface area contributed by atoms with Crippen LogP contribution in [0, 0.1) is 0 Å². The van der Waals surface area contributed by atoms with E-state index >= 15 is 0 Å². The van der Waals surface area contributed by atoms with Gasteiger partial charge in [0.25, 0.3) is 5.91 Å². The number of hydrogen-bond acceptors (Lipinski definition) is 8. The highest BCUT2D eigenvalue weighted by Crippen LogP contribution is 2.32. The fraction of sp³-hybridized carbons (Fsp3) is 0.750. The molecule has 0 radical (unpaired) electrons. The van der Waals surface area contributed by atoms with Gasteiger partial charge in [0.1, 0.15) is 11.0 Å². The van der Waals surface area contributed by atoms with Gasteiger partial charge in [0, 0.05) is 58.0 Å². The number of likely N-dealkylation sites (tertiary alicyclic amines) is 1. The van der Waals surface area contributed by atoms with Crippen LogP contribution in [0.5, 0.6) is 0 Å². The molecule has 4 heterocycles. The van der Waals surface area contributed by atoms with Crippen LogP contribution in [0.3, 0.4) is 0 Å². The van der Waals surface area contributed by atoms with Crippen LogP contribution in [0.4, 0.5) is 5.95 Å². The van der Waals surface area contributed by atoms with Gasteiger partial charge in [0.15, 0.2) is 9.84 Å². The van der Waals surface area contributed by atoms with Gasteiger partial charge in [0.2, 0.25) is 5.95 Å². The molecule has 3 aliphatic heterocycles. The van der Waals surface area contributed by atoms with Crippen LogP contribution >= 0.6 is 0 Å². The fourth-order valence-corrected chi connectivity index (χ4v) is 5.30. The Morgan fingerprint density at radius 2 is 1.80 bits per heavy atom. The van der Waals surface area contributed by atoms with E-state index in [9.17, 15) is 13.2 Å². The molecule has 1 amide bonds. The summed E-state index contributed by atoms with van der Waals surface area (Å²) in [6.45, 7) is 5.35. The van der Waals surface area contributed by atoms with Gasteiger partial charge in [0.05, 0.1) is 11.9 Å².